The van der Waals surface area contributed by atoms with Crippen LogP contribution in [0.1, 0.15) is 12.8 Å². The number of piperidine rings is 1. The second kappa shape index (κ2) is 7.46. The number of ether oxygens (including phenoxy) is 1. The Morgan fingerprint density at radius 2 is 1.92 bits per heavy atom. The lowest BCUT2D eigenvalue weighted by atomic mass is 9.97. The highest BCUT2D eigenvalue weighted by atomic mass is 32.2. The molecule has 1 aromatic heterocycles. The van der Waals surface area contributed by atoms with Gasteiger partial charge in [0.15, 0.2) is 0 Å². The van der Waals surface area contributed by atoms with Crippen LogP contribution in [0.5, 0.6) is 5.75 Å². The molecule has 26 heavy (non-hydrogen) atoms. The number of nitrogens with one attached hydrogen (secondary N) is 1. The Labute approximate surface area is 152 Å². The summed E-state index contributed by atoms with van der Waals surface area (Å²) in [5.41, 5.74) is 1.52. The van der Waals surface area contributed by atoms with Gasteiger partial charge in [-0.05, 0) is 30.5 Å². The largest absolute Gasteiger partial charge is 0.497 e. The molecule has 1 aromatic carbocycles. The van der Waals surface area contributed by atoms with Crippen LogP contribution >= 0.6 is 0 Å². The Kier molecular flexibility index (Phi) is 5.28. The van der Waals surface area contributed by atoms with E-state index in [1.165, 1.54) is 10.6 Å². The van der Waals surface area contributed by atoms with Gasteiger partial charge in [-0.25, -0.2) is 12.7 Å². The molecule has 2 aromatic rings. The molecule has 0 bridgehead atoms. The maximum Gasteiger partial charge on any atom is 0.239 e. The molecule has 0 aliphatic carbocycles. The molecule has 0 unspecified atom stereocenters. The fraction of sp³-hybridized carbons (Fsp3) is 0.412. The number of sulfonamides is 1. The van der Waals surface area contributed by atoms with Crippen LogP contribution in [0.3, 0.4) is 0 Å². The zero-order chi connectivity index (χ0) is 18.7. The molecule has 0 saturated carbocycles. The molecular weight excluding hydrogens is 358 g/mol. The molecule has 9 heteroatoms. The molecule has 3 rings (SSSR count). The van der Waals surface area contributed by atoms with Gasteiger partial charge in [0.25, 0.3) is 0 Å². The Morgan fingerprint density at radius 3 is 2.50 bits per heavy atom. The van der Waals surface area contributed by atoms with Crippen molar-refractivity contribution in [3.05, 3.63) is 30.5 Å². The summed E-state index contributed by atoms with van der Waals surface area (Å²) < 4.78 is 34.8. The van der Waals surface area contributed by atoms with Crippen LogP contribution in [-0.4, -0.2) is 50.2 Å². The molecule has 0 atom stereocenters. The van der Waals surface area contributed by atoms with Gasteiger partial charge in [-0.3, -0.25) is 10.1 Å². The quantitative estimate of drug-likeness (QED) is 0.852. The number of nitrogens with zero attached hydrogens (tertiary/aromatic N) is 2. The van der Waals surface area contributed by atoms with Crippen LogP contribution in [0, 0.1) is 5.92 Å². The highest BCUT2D eigenvalue weighted by molar-refractivity contribution is 7.88. The van der Waals surface area contributed by atoms with Crippen LogP contribution in [0.15, 0.2) is 35.0 Å². The number of amides is 1. The minimum Gasteiger partial charge on any atom is -0.497 e. The Balaban J connectivity index is 1.67. The van der Waals surface area contributed by atoms with E-state index in [-0.39, 0.29) is 17.7 Å². The standard InChI is InChI=1S/C17H21N3O5S/c1-24-14-5-3-12(4-6-14)15-11-18-25-17(15)19-16(21)13-7-9-20(10-8-13)26(2,22)23/h3-6,11,13H,7-10H2,1-2H3,(H,19,21). The van der Waals surface area contributed by atoms with E-state index in [2.05, 4.69) is 10.5 Å². The van der Waals surface area contributed by atoms with Crippen LogP contribution < -0.4 is 10.1 Å². The highest BCUT2D eigenvalue weighted by Crippen LogP contribution is 2.30. The van der Waals surface area contributed by atoms with Crippen LogP contribution in [0.4, 0.5) is 5.88 Å². The summed E-state index contributed by atoms with van der Waals surface area (Å²) in [5, 5.41) is 6.55. The van der Waals surface area contributed by atoms with E-state index < -0.39 is 10.0 Å². The third kappa shape index (κ3) is 4.05. The Hall–Kier alpha value is -2.39. The first-order valence-corrected chi connectivity index (χ1v) is 10.1. The fourth-order valence-electron chi connectivity index (χ4n) is 2.97. The van der Waals surface area contributed by atoms with Gasteiger partial charge in [0.05, 0.1) is 25.1 Å². The van der Waals surface area contributed by atoms with E-state index in [1.54, 1.807) is 13.3 Å². The minimum atomic E-state index is -3.21. The topological polar surface area (TPSA) is 102 Å². The number of carbonyl (C=O) groups excluding carboxylic acids is 1. The first-order chi connectivity index (χ1) is 12.4. The predicted molar refractivity (Wildman–Crippen MR) is 96.3 cm³/mol. The molecule has 1 fully saturated rings. The molecule has 1 saturated heterocycles. The van der Waals surface area contributed by atoms with Crippen molar-refractivity contribution in [3.8, 4) is 16.9 Å². The van der Waals surface area contributed by atoms with Crippen molar-refractivity contribution in [2.24, 2.45) is 5.92 Å². The van der Waals surface area contributed by atoms with Crippen LogP contribution in [-0.2, 0) is 14.8 Å². The molecule has 1 aliphatic rings. The van der Waals surface area contributed by atoms with Crippen molar-refractivity contribution in [1.29, 1.82) is 0 Å². The zero-order valence-electron chi connectivity index (χ0n) is 14.6. The van der Waals surface area contributed by atoms with Gasteiger partial charge in [0.2, 0.25) is 21.8 Å². The number of hydrogen-bond acceptors (Lipinski definition) is 6. The smallest absolute Gasteiger partial charge is 0.239 e. The molecule has 0 spiro atoms. The number of aromatic nitrogens is 1. The maximum absolute atomic E-state index is 12.5. The summed E-state index contributed by atoms with van der Waals surface area (Å²) in [6.07, 6.45) is 3.68. The summed E-state index contributed by atoms with van der Waals surface area (Å²) in [6.45, 7) is 0.692. The lowest BCUT2D eigenvalue weighted by Gasteiger charge is -2.29. The second-order valence-corrected chi connectivity index (χ2v) is 8.21. The lowest BCUT2D eigenvalue weighted by molar-refractivity contribution is -0.121. The molecule has 8 nitrogen and oxygen atoms in total. The highest BCUT2D eigenvalue weighted by Gasteiger charge is 2.29. The molecule has 1 amide bonds. The van der Waals surface area contributed by atoms with E-state index in [4.69, 9.17) is 9.26 Å². The van der Waals surface area contributed by atoms with Crippen LogP contribution in [0.25, 0.3) is 11.1 Å². The molecular formula is C17H21N3O5S. The number of benzene rings is 1. The van der Waals surface area contributed by atoms with Gasteiger partial charge in [0, 0.05) is 19.0 Å². The SMILES string of the molecule is COc1ccc(-c2cnoc2NC(=O)C2CCN(S(C)(=O)=O)CC2)cc1. The third-order valence-electron chi connectivity index (χ3n) is 4.50. The minimum absolute atomic E-state index is 0.190. The average Bonchev–Trinajstić information content (AvgIpc) is 3.09. The van der Waals surface area contributed by atoms with E-state index in [0.29, 0.717) is 31.5 Å². The van der Waals surface area contributed by atoms with Crippen molar-refractivity contribution >= 4 is 21.8 Å². The molecule has 140 valence electrons. The van der Waals surface area contributed by atoms with Crippen molar-refractivity contribution in [1.82, 2.24) is 9.46 Å². The normalized spacial score (nSPS) is 16.4. The maximum atomic E-state index is 12.5. The van der Waals surface area contributed by atoms with Crippen molar-refractivity contribution in [3.63, 3.8) is 0 Å². The van der Waals surface area contributed by atoms with E-state index in [0.717, 1.165) is 11.3 Å². The first-order valence-electron chi connectivity index (χ1n) is 8.23. The number of methoxy groups -OCH3 is 1. The summed E-state index contributed by atoms with van der Waals surface area (Å²) >= 11 is 0. The molecule has 0 radical (unpaired) electrons. The van der Waals surface area contributed by atoms with E-state index in [9.17, 15) is 13.2 Å². The monoisotopic (exact) mass is 379 g/mol. The fourth-order valence-corrected chi connectivity index (χ4v) is 3.84. The third-order valence-corrected chi connectivity index (χ3v) is 5.81. The summed E-state index contributed by atoms with van der Waals surface area (Å²) in [4.78, 5) is 12.5. The molecule has 1 N–H and O–H groups in total. The van der Waals surface area contributed by atoms with Gasteiger partial charge < -0.3 is 9.26 Å². The predicted octanol–water partition coefficient (Wildman–Crippen LogP) is 1.96. The van der Waals surface area contributed by atoms with E-state index in [1.807, 2.05) is 24.3 Å². The van der Waals surface area contributed by atoms with Gasteiger partial charge in [0.1, 0.15) is 5.75 Å². The summed E-state index contributed by atoms with van der Waals surface area (Å²) in [5.74, 6) is 0.561. The zero-order valence-corrected chi connectivity index (χ0v) is 15.5. The van der Waals surface area contributed by atoms with Gasteiger partial charge in [-0.1, -0.05) is 17.3 Å². The summed E-state index contributed by atoms with van der Waals surface area (Å²) in [6, 6.07) is 7.33. The number of hydrogen-bond donors (Lipinski definition) is 1. The summed E-state index contributed by atoms with van der Waals surface area (Å²) in [7, 11) is -1.62. The van der Waals surface area contributed by atoms with Crippen molar-refractivity contribution < 1.29 is 22.5 Å². The van der Waals surface area contributed by atoms with Crippen molar-refractivity contribution in [2.45, 2.75) is 12.8 Å². The molecule has 2 heterocycles. The van der Waals surface area contributed by atoms with E-state index >= 15 is 0 Å². The first kappa shape index (κ1) is 18.4. The second-order valence-electron chi connectivity index (χ2n) is 6.22. The Morgan fingerprint density at radius 1 is 1.27 bits per heavy atom. The van der Waals surface area contributed by atoms with Gasteiger partial charge >= 0.3 is 0 Å². The Bertz CT molecular complexity index is 868. The lowest BCUT2D eigenvalue weighted by Crippen LogP contribution is -2.40. The van der Waals surface area contributed by atoms with Gasteiger partial charge in [-0.2, -0.15) is 0 Å². The average molecular weight is 379 g/mol. The van der Waals surface area contributed by atoms with Crippen LogP contribution in [0.2, 0.25) is 0 Å². The van der Waals surface area contributed by atoms with Crippen molar-refractivity contribution in [2.75, 3.05) is 31.8 Å². The molecule has 1 aliphatic heterocycles. The number of carbonyl (C=O) groups is 1. The van der Waals surface area contributed by atoms with Gasteiger partial charge in [-0.15, -0.1) is 0 Å². The number of anilines is 1. The number of rotatable bonds is 5.